The number of aromatic nitrogens is 4. The lowest BCUT2D eigenvalue weighted by Crippen LogP contribution is -1.97. The molecular formula is C30H20N4O. The van der Waals surface area contributed by atoms with Crippen LogP contribution in [0.3, 0.4) is 0 Å². The Hall–Kier alpha value is -4.77. The topological polar surface area (TPSA) is 56.7 Å². The van der Waals surface area contributed by atoms with Crippen LogP contribution in [0.25, 0.3) is 61.4 Å². The maximum atomic E-state index is 6.43. The van der Waals surface area contributed by atoms with Crippen LogP contribution >= 0.6 is 0 Å². The van der Waals surface area contributed by atoms with Crippen LogP contribution in [0.2, 0.25) is 0 Å². The number of pyridine rings is 2. The zero-order valence-corrected chi connectivity index (χ0v) is 19.0. The molecule has 0 fully saturated rings. The van der Waals surface area contributed by atoms with Crippen molar-refractivity contribution in [1.82, 2.24) is 19.5 Å². The number of nitrogens with zero attached hydrogens (tertiary/aromatic N) is 4. The fourth-order valence-electron chi connectivity index (χ4n) is 4.72. The monoisotopic (exact) mass is 452 g/mol. The zero-order chi connectivity index (χ0) is 23.4. The van der Waals surface area contributed by atoms with Crippen molar-refractivity contribution in [2.75, 3.05) is 0 Å². The maximum absolute atomic E-state index is 6.43. The summed E-state index contributed by atoms with van der Waals surface area (Å²) in [6.45, 7) is 1.98. The van der Waals surface area contributed by atoms with Crippen molar-refractivity contribution in [2.24, 2.45) is 0 Å². The first-order valence-electron chi connectivity index (χ1n) is 11.5. The fraction of sp³-hybridized carbons (Fsp3) is 0.0333. The van der Waals surface area contributed by atoms with Crippen LogP contribution in [-0.4, -0.2) is 19.5 Å². The molecule has 4 aromatic heterocycles. The molecule has 0 aliphatic heterocycles. The predicted octanol–water partition coefficient (Wildman–Crippen LogP) is 7.36. The van der Waals surface area contributed by atoms with E-state index in [9.17, 15) is 0 Å². The average Bonchev–Trinajstić information content (AvgIpc) is 3.47. The van der Waals surface area contributed by atoms with Gasteiger partial charge in [-0.05, 0) is 43.3 Å². The molecule has 0 saturated carbocycles. The summed E-state index contributed by atoms with van der Waals surface area (Å²) in [5, 5.41) is 2.01. The second-order valence-electron chi connectivity index (χ2n) is 8.62. The highest BCUT2D eigenvalue weighted by atomic mass is 16.3. The van der Waals surface area contributed by atoms with Crippen molar-refractivity contribution in [1.29, 1.82) is 0 Å². The van der Waals surface area contributed by atoms with Gasteiger partial charge in [-0.25, -0.2) is 9.97 Å². The Labute approximate surface area is 201 Å². The van der Waals surface area contributed by atoms with Crippen LogP contribution in [0.5, 0.6) is 0 Å². The van der Waals surface area contributed by atoms with Gasteiger partial charge >= 0.3 is 0 Å². The van der Waals surface area contributed by atoms with E-state index in [1.54, 1.807) is 0 Å². The summed E-state index contributed by atoms with van der Waals surface area (Å²) in [5.74, 6) is 0.812. The van der Waals surface area contributed by atoms with Gasteiger partial charge in [0.1, 0.15) is 11.4 Å². The third-order valence-corrected chi connectivity index (χ3v) is 6.37. The molecule has 4 heterocycles. The number of hydrogen-bond donors (Lipinski definition) is 0. The molecule has 7 rings (SSSR count). The number of aryl methyl sites for hydroxylation is 1. The molecule has 3 aromatic carbocycles. The van der Waals surface area contributed by atoms with Gasteiger partial charge in [-0.3, -0.25) is 9.55 Å². The second-order valence-corrected chi connectivity index (χ2v) is 8.62. The van der Waals surface area contributed by atoms with E-state index < -0.39 is 0 Å². The third-order valence-electron chi connectivity index (χ3n) is 6.37. The molecule has 166 valence electrons. The van der Waals surface area contributed by atoms with Crippen molar-refractivity contribution in [2.45, 2.75) is 6.92 Å². The molecule has 0 radical (unpaired) electrons. The number of rotatable bonds is 3. The minimum atomic E-state index is 0.619. The number of furan rings is 1. The highest BCUT2D eigenvalue weighted by molar-refractivity contribution is 6.09. The highest BCUT2D eigenvalue weighted by Crippen LogP contribution is 2.37. The normalized spacial score (nSPS) is 11.6. The van der Waals surface area contributed by atoms with Gasteiger partial charge < -0.3 is 4.42 Å². The van der Waals surface area contributed by atoms with E-state index in [1.165, 1.54) is 0 Å². The first kappa shape index (κ1) is 19.7. The SMILES string of the molecule is Cc1cc2nc(-c3cccc4c3oc3nc(-c5ccccc5)ccc34)n(-c3ccccc3)c2cn1. The van der Waals surface area contributed by atoms with Gasteiger partial charge in [-0.1, -0.05) is 60.7 Å². The summed E-state index contributed by atoms with van der Waals surface area (Å²) in [7, 11) is 0. The summed E-state index contributed by atoms with van der Waals surface area (Å²) in [6.07, 6.45) is 1.89. The number of hydrogen-bond acceptors (Lipinski definition) is 4. The molecule has 0 saturated heterocycles. The van der Waals surface area contributed by atoms with Crippen molar-refractivity contribution >= 4 is 33.1 Å². The zero-order valence-electron chi connectivity index (χ0n) is 19.0. The van der Waals surface area contributed by atoms with Crippen molar-refractivity contribution < 1.29 is 4.42 Å². The predicted molar refractivity (Wildman–Crippen MR) is 140 cm³/mol. The Balaban J connectivity index is 1.51. The summed E-state index contributed by atoms with van der Waals surface area (Å²) < 4.78 is 8.58. The van der Waals surface area contributed by atoms with Gasteiger partial charge in [0.2, 0.25) is 5.71 Å². The largest absolute Gasteiger partial charge is 0.437 e. The average molecular weight is 453 g/mol. The molecule has 0 amide bonds. The van der Waals surface area contributed by atoms with Gasteiger partial charge in [-0.15, -0.1) is 0 Å². The Kier molecular flexibility index (Phi) is 4.29. The van der Waals surface area contributed by atoms with Crippen LogP contribution < -0.4 is 0 Å². The summed E-state index contributed by atoms with van der Waals surface area (Å²) in [4.78, 5) is 14.4. The Bertz CT molecular complexity index is 1850. The highest BCUT2D eigenvalue weighted by Gasteiger charge is 2.20. The Morgan fingerprint density at radius 1 is 0.743 bits per heavy atom. The molecular weight excluding hydrogens is 432 g/mol. The summed E-state index contributed by atoms with van der Waals surface area (Å²) >= 11 is 0. The van der Waals surface area contributed by atoms with Crippen molar-refractivity contribution in [3.05, 3.63) is 109 Å². The number of para-hydroxylation sites is 2. The van der Waals surface area contributed by atoms with Gasteiger partial charge in [0, 0.05) is 27.7 Å². The molecule has 35 heavy (non-hydrogen) atoms. The van der Waals surface area contributed by atoms with Gasteiger partial charge in [0.05, 0.1) is 28.5 Å². The third kappa shape index (κ3) is 3.13. The molecule has 0 atom stereocenters. The smallest absolute Gasteiger partial charge is 0.227 e. The van der Waals surface area contributed by atoms with Crippen LogP contribution in [0.1, 0.15) is 5.69 Å². The number of imidazole rings is 1. The number of benzene rings is 3. The molecule has 0 bridgehead atoms. The van der Waals surface area contributed by atoms with Gasteiger partial charge in [0.15, 0.2) is 0 Å². The molecule has 5 heteroatoms. The summed E-state index contributed by atoms with van der Waals surface area (Å²) in [5.41, 5.74) is 8.06. The Morgan fingerprint density at radius 3 is 2.37 bits per heavy atom. The second kappa shape index (κ2) is 7.64. The quantitative estimate of drug-likeness (QED) is 0.281. The molecule has 5 nitrogen and oxygen atoms in total. The van der Waals surface area contributed by atoms with Gasteiger partial charge in [0.25, 0.3) is 0 Å². The standard InChI is InChI=1S/C30H20N4O/c1-19-17-26-27(18-31-19)34(21-11-6-3-7-12-21)29(32-26)24-14-8-13-22-23-15-16-25(20-9-4-2-5-10-20)33-30(23)35-28(22)24/h2-18H,1H3. The lowest BCUT2D eigenvalue weighted by molar-refractivity contribution is 0.655. The van der Waals surface area contributed by atoms with Gasteiger partial charge in [-0.2, -0.15) is 0 Å². The maximum Gasteiger partial charge on any atom is 0.227 e. The van der Waals surface area contributed by atoms with E-state index >= 15 is 0 Å². The lowest BCUT2D eigenvalue weighted by atomic mass is 10.1. The number of fused-ring (bicyclic) bond motifs is 4. The molecule has 0 spiro atoms. The van der Waals surface area contributed by atoms with Crippen molar-refractivity contribution in [3.63, 3.8) is 0 Å². The van der Waals surface area contributed by atoms with Crippen LogP contribution in [0.4, 0.5) is 0 Å². The molecule has 0 aliphatic carbocycles. The van der Waals surface area contributed by atoms with Crippen LogP contribution in [-0.2, 0) is 0 Å². The minimum absolute atomic E-state index is 0.619. The van der Waals surface area contributed by atoms with E-state index in [2.05, 4.69) is 58.1 Å². The van der Waals surface area contributed by atoms with E-state index in [0.29, 0.717) is 5.71 Å². The minimum Gasteiger partial charge on any atom is -0.437 e. The van der Waals surface area contributed by atoms with E-state index in [1.807, 2.05) is 61.7 Å². The van der Waals surface area contributed by atoms with Crippen LogP contribution in [0.15, 0.2) is 108 Å². The molecule has 7 aromatic rings. The first-order chi connectivity index (χ1) is 17.3. The van der Waals surface area contributed by atoms with E-state index in [4.69, 9.17) is 14.4 Å². The van der Waals surface area contributed by atoms with E-state index in [-0.39, 0.29) is 0 Å². The summed E-state index contributed by atoms with van der Waals surface area (Å²) in [6, 6.07) is 32.7. The molecule has 0 N–H and O–H groups in total. The Morgan fingerprint density at radius 2 is 1.54 bits per heavy atom. The van der Waals surface area contributed by atoms with Crippen LogP contribution in [0, 0.1) is 6.92 Å². The first-order valence-corrected chi connectivity index (χ1v) is 11.5. The lowest BCUT2D eigenvalue weighted by Gasteiger charge is -2.09. The van der Waals surface area contributed by atoms with Crippen molar-refractivity contribution in [3.8, 4) is 28.3 Å². The fourth-order valence-corrected chi connectivity index (χ4v) is 4.72. The van der Waals surface area contributed by atoms with E-state index in [0.717, 1.165) is 61.4 Å². The molecule has 0 aliphatic rings. The molecule has 0 unspecified atom stereocenters.